The molecule has 1 aromatic carbocycles. The van der Waals surface area contributed by atoms with Crippen molar-refractivity contribution in [3.05, 3.63) is 41.2 Å². The first-order valence-electron chi connectivity index (χ1n) is 6.42. The number of nitrogens with zero attached hydrogens (tertiary/aromatic N) is 2. The second-order valence-corrected chi connectivity index (χ2v) is 4.91. The van der Waals surface area contributed by atoms with Crippen LogP contribution in [0.1, 0.15) is 10.4 Å². The maximum atomic E-state index is 12.4. The van der Waals surface area contributed by atoms with E-state index in [0.717, 1.165) is 10.8 Å². The zero-order valence-electron chi connectivity index (χ0n) is 10.8. The first kappa shape index (κ1) is 13.3. The van der Waals surface area contributed by atoms with Crippen LogP contribution in [0.15, 0.2) is 30.5 Å². The summed E-state index contributed by atoms with van der Waals surface area (Å²) >= 11 is 6.06. The van der Waals surface area contributed by atoms with Gasteiger partial charge in [0, 0.05) is 24.7 Å². The molecule has 104 valence electrons. The Hall–Kier alpha value is -1.69. The van der Waals surface area contributed by atoms with E-state index in [4.69, 9.17) is 16.3 Å². The van der Waals surface area contributed by atoms with Gasteiger partial charge in [-0.2, -0.15) is 0 Å². The fraction of sp³-hybridized carbons (Fsp3) is 0.286. The molecule has 1 N–H and O–H groups in total. The van der Waals surface area contributed by atoms with E-state index >= 15 is 0 Å². The molecule has 0 atom stereocenters. The molecule has 1 aliphatic rings. The standard InChI is InChI=1S/C14H14ClN3O2/c15-13-11-4-2-1-3-10(11)12(9-16-13)14(19)17-18-5-7-20-8-6-18/h1-4,9H,5-8H2,(H,17,19). The largest absolute Gasteiger partial charge is 0.379 e. The molecular weight excluding hydrogens is 278 g/mol. The minimum Gasteiger partial charge on any atom is -0.379 e. The fourth-order valence-corrected chi connectivity index (χ4v) is 2.43. The lowest BCUT2D eigenvalue weighted by atomic mass is 10.1. The Bertz CT molecular complexity index is 641. The highest BCUT2D eigenvalue weighted by Gasteiger charge is 2.17. The number of carbonyl (C=O) groups excluding carboxylic acids is 1. The molecule has 1 aliphatic heterocycles. The normalized spacial score (nSPS) is 16.2. The van der Waals surface area contributed by atoms with Crippen molar-refractivity contribution in [3.8, 4) is 0 Å². The molecule has 0 aliphatic carbocycles. The third kappa shape index (κ3) is 2.60. The van der Waals surface area contributed by atoms with Crippen LogP contribution < -0.4 is 5.43 Å². The van der Waals surface area contributed by atoms with Gasteiger partial charge in [-0.1, -0.05) is 35.9 Å². The van der Waals surface area contributed by atoms with Gasteiger partial charge in [-0.25, -0.2) is 9.99 Å². The van der Waals surface area contributed by atoms with Crippen LogP contribution in [0, 0.1) is 0 Å². The summed E-state index contributed by atoms with van der Waals surface area (Å²) in [6, 6.07) is 7.48. The average Bonchev–Trinajstić information content (AvgIpc) is 2.49. The first-order chi connectivity index (χ1) is 9.75. The van der Waals surface area contributed by atoms with Crippen molar-refractivity contribution in [2.45, 2.75) is 0 Å². The number of halogens is 1. The van der Waals surface area contributed by atoms with Crippen LogP contribution >= 0.6 is 11.6 Å². The summed E-state index contributed by atoms with van der Waals surface area (Å²) in [7, 11) is 0. The molecular formula is C14H14ClN3O2. The summed E-state index contributed by atoms with van der Waals surface area (Å²) in [6.07, 6.45) is 1.51. The van der Waals surface area contributed by atoms with Crippen LogP contribution in [0.4, 0.5) is 0 Å². The van der Waals surface area contributed by atoms with E-state index in [1.54, 1.807) is 0 Å². The predicted octanol–water partition coefficient (Wildman–Crippen LogP) is 1.87. The lowest BCUT2D eigenvalue weighted by molar-refractivity contribution is 0.0126. The van der Waals surface area contributed by atoms with Gasteiger partial charge >= 0.3 is 0 Å². The summed E-state index contributed by atoms with van der Waals surface area (Å²) in [5.74, 6) is -0.174. The number of aromatic nitrogens is 1. The smallest absolute Gasteiger partial charge is 0.267 e. The van der Waals surface area contributed by atoms with Gasteiger partial charge in [0.15, 0.2) is 0 Å². The zero-order valence-corrected chi connectivity index (χ0v) is 11.6. The van der Waals surface area contributed by atoms with Crippen molar-refractivity contribution in [3.63, 3.8) is 0 Å². The minimum atomic E-state index is -0.174. The molecule has 0 spiro atoms. The molecule has 6 heteroatoms. The second kappa shape index (κ2) is 5.75. The van der Waals surface area contributed by atoms with Crippen molar-refractivity contribution >= 4 is 28.3 Å². The molecule has 20 heavy (non-hydrogen) atoms. The molecule has 0 saturated carbocycles. The third-order valence-electron chi connectivity index (χ3n) is 3.26. The molecule has 5 nitrogen and oxygen atoms in total. The van der Waals surface area contributed by atoms with Crippen molar-refractivity contribution in [1.29, 1.82) is 0 Å². The Labute approximate surface area is 121 Å². The van der Waals surface area contributed by atoms with Crippen LogP contribution in [0.2, 0.25) is 5.15 Å². The number of amides is 1. The summed E-state index contributed by atoms with van der Waals surface area (Å²) in [4.78, 5) is 16.4. The number of hydrogen-bond donors (Lipinski definition) is 1. The monoisotopic (exact) mass is 291 g/mol. The highest BCUT2D eigenvalue weighted by molar-refractivity contribution is 6.34. The van der Waals surface area contributed by atoms with Gasteiger partial charge in [-0.15, -0.1) is 0 Å². The maximum Gasteiger partial charge on any atom is 0.267 e. The van der Waals surface area contributed by atoms with Crippen LogP contribution in [0.5, 0.6) is 0 Å². The number of carbonyl (C=O) groups is 1. The number of hydrogen-bond acceptors (Lipinski definition) is 4. The Kier molecular flexibility index (Phi) is 3.82. The van der Waals surface area contributed by atoms with Gasteiger partial charge in [0.1, 0.15) is 5.15 Å². The topological polar surface area (TPSA) is 54.5 Å². The first-order valence-corrected chi connectivity index (χ1v) is 6.80. The Morgan fingerprint density at radius 1 is 1.25 bits per heavy atom. The van der Waals surface area contributed by atoms with Gasteiger partial charge in [0.25, 0.3) is 5.91 Å². The van der Waals surface area contributed by atoms with Crippen molar-refractivity contribution in [2.75, 3.05) is 26.3 Å². The number of ether oxygens (including phenoxy) is 1. The van der Waals surface area contributed by atoms with E-state index in [9.17, 15) is 4.79 Å². The van der Waals surface area contributed by atoms with Crippen LogP contribution in [-0.2, 0) is 4.74 Å². The molecule has 0 unspecified atom stereocenters. The summed E-state index contributed by atoms with van der Waals surface area (Å²) in [6.45, 7) is 2.62. The fourth-order valence-electron chi connectivity index (χ4n) is 2.22. The van der Waals surface area contributed by atoms with E-state index in [-0.39, 0.29) is 5.91 Å². The highest BCUT2D eigenvalue weighted by atomic mass is 35.5. The predicted molar refractivity (Wildman–Crippen MR) is 76.6 cm³/mol. The molecule has 1 saturated heterocycles. The van der Waals surface area contributed by atoms with Gasteiger partial charge in [0.2, 0.25) is 0 Å². The lowest BCUT2D eigenvalue weighted by Crippen LogP contribution is -2.48. The summed E-state index contributed by atoms with van der Waals surface area (Å²) in [5.41, 5.74) is 3.40. The maximum absolute atomic E-state index is 12.4. The number of rotatable bonds is 2. The number of hydrazine groups is 1. The zero-order chi connectivity index (χ0) is 13.9. The molecule has 1 fully saturated rings. The van der Waals surface area contributed by atoms with Crippen molar-refractivity contribution in [1.82, 2.24) is 15.4 Å². The number of nitrogens with one attached hydrogen (secondary N) is 1. The molecule has 2 heterocycles. The van der Waals surface area contributed by atoms with Gasteiger partial charge in [0.05, 0.1) is 18.8 Å². The van der Waals surface area contributed by atoms with E-state index in [2.05, 4.69) is 10.4 Å². The Morgan fingerprint density at radius 3 is 2.70 bits per heavy atom. The third-order valence-corrected chi connectivity index (χ3v) is 3.56. The lowest BCUT2D eigenvalue weighted by Gasteiger charge is -2.27. The van der Waals surface area contributed by atoms with Crippen LogP contribution in [0.25, 0.3) is 10.8 Å². The summed E-state index contributed by atoms with van der Waals surface area (Å²) < 4.78 is 5.25. The number of morpholine rings is 1. The van der Waals surface area contributed by atoms with Gasteiger partial charge in [-0.05, 0) is 5.39 Å². The molecule has 2 aromatic rings. The van der Waals surface area contributed by atoms with Crippen LogP contribution in [-0.4, -0.2) is 42.2 Å². The molecule has 0 bridgehead atoms. The van der Waals surface area contributed by atoms with E-state index in [1.807, 2.05) is 29.3 Å². The second-order valence-electron chi connectivity index (χ2n) is 4.55. The van der Waals surface area contributed by atoms with Crippen molar-refractivity contribution < 1.29 is 9.53 Å². The number of pyridine rings is 1. The van der Waals surface area contributed by atoms with E-state index in [1.165, 1.54) is 6.20 Å². The van der Waals surface area contributed by atoms with Crippen molar-refractivity contribution in [2.24, 2.45) is 0 Å². The molecule has 3 rings (SSSR count). The van der Waals surface area contributed by atoms with E-state index in [0.29, 0.717) is 37.0 Å². The minimum absolute atomic E-state index is 0.174. The average molecular weight is 292 g/mol. The van der Waals surface area contributed by atoms with E-state index < -0.39 is 0 Å². The Balaban J connectivity index is 1.89. The number of benzene rings is 1. The Morgan fingerprint density at radius 2 is 1.95 bits per heavy atom. The number of fused-ring (bicyclic) bond motifs is 1. The SMILES string of the molecule is O=C(NN1CCOCC1)c1cnc(Cl)c2ccccc12. The van der Waals surface area contributed by atoms with Crippen LogP contribution in [0.3, 0.4) is 0 Å². The highest BCUT2D eigenvalue weighted by Crippen LogP contribution is 2.24. The van der Waals surface area contributed by atoms with Gasteiger partial charge in [-0.3, -0.25) is 10.2 Å². The molecule has 0 radical (unpaired) electrons. The summed E-state index contributed by atoms with van der Waals surface area (Å²) in [5, 5.41) is 3.85. The quantitative estimate of drug-likeness (QED) is 0.858. The molecule has 1 amide bonds. The van der Waals surface area contributed by atoms with Gasteiger partial charge < -0.3 is 4.74 Å². The molecule has 1 aromatic heterocycles.